The van der Waals surface area contributed by atoms with Gasteiger partial charge in [-0.15, -0.1) is 0 Å². The highest BCUT2D eigenvalue weighted by Gasteiger charge is 2.15. The van der Waals surface area contributed by atoms with Crippen molar-refractivity contribution in [1.82, 2.24) is 20.6 Å². The van der Waals surface area contributed by atoms with E-state index in [4.69, 9.17) is 9.97 Å². The van der Waals surface area contributed by atoms with Crippen molar-refractivity contribution in [3.63, 3.8) is 0 Å². The molecule has 43 heavy (non-hydrogen) atoms. The third kappa shape index (κ3) is 6.14. The van der Waals surface area contributed by atoms with E-state index in [-0.39, 0.29) is 11.8 Å². The van der Waals surface area contributed by atoms with Crippen molar-refractivity contribution in [3.05, 3.63) is 131 Å². The second-order valence-electron chi connectivity index (χ2n) is 10.7. The minimum absolute atomic E-state index is 0.166. The van der Waals surface area contributed by atoms with E-state index in [1.807, 2.05) is 123 Å². The van der Waals surface area contributed by atoms with Crippen LogP contribution in [-0.4, -0.2) is 34.9 Å². The molecule has 0 aliphatic carbocycles. The summed E-state index contributed by atoms with van der Waals surface area (Å²) >= 11 is 0. The molecule has 212 valence electrons. The summed E-state index contributed by atoms with van der Waals surface area (Å²) in [7, 11) is 0. The number of hydrogen-bond donors (Lipinski definition) is 2. The molecule has 6 heteroatoms. The van der Waals surface area contributed by atoms with Crippen molar-refractivity contribution in [3.8, 4) is 22.5 Å². The molecule has 2 amide bonds. The average Bonchev–Trinajstić information content (AvgIpc) is 3.04. The fraction of sp³-hybridized carbons (Fsp3) is 0.135. The molecule has 6 nitrogen and oxygen atoms in total. The van der Waals surface area contributed by atoms with Crippen LogP contribution in [0.25, 0.3) is 44.3 Å². The van der Waals surface area contributed by atoms with Gasteiger partial charge in [0.15, 0.2) is 0 Å². The molecule has 0 aliphatic rings. The summed E-state index contributed by atoms with van der Waals surface area (Å²) in [5.74, 6) is -0.331. The quantitative estimate of drug-likeness (QED) is 0.190. The van der Waals surface area contributed by atoms with E-state index in [1.54, 1.807) is 0 Å². The second-order valence-corrected chi connectivity index (χ2v) is 10.7. The van der Waals surface area contributed by atoms with E-state index in [1.165, 1.54) is 11.1 Å². The molecule has 2 heterocycles. The largest absolute Gasteiger partial charge is 0.352 e. The van der Waals surface area contributed by atoms with Gasteiger partial charge in [0.2, 0.25) is 0 Å². The van der Waals surface area contributed by atoms with Crippen LogP contribution in [0.4, 0.5) is 0 Å². The van der Waals surface area contributed by atoms with Crippen LogP contribution < -0.4 is 10.6 Å². The number of nitrogens with one attached hydrogen (secondary N) is 2. The summed E-state index contributed by atoms with van der Waals surface area (Å²) in [6.07, 6.45) is 0.582. The molecular formula is C37H32N4O2. The van der Waals surface area contributed by atoms with Crippen LogP contribution in [0.2, 0.25) is 0 Å². The first kappa shape index (κ1) is 27.8. The van der Waals surface area contributed by atoms with Crippen LogP contribution in [0.3, 0.4) is 0 Å². The molecule has 0 radical (unpaired) electrons. The molecule has 0 bridgehead atoms. The molecular weight excluding hydrogens is 532 g/mol. The van der Waals surface area contributed by atoms with Gasteiger partial charge in [-0.2, -0.15) is 0 Å². The van der Waals surface area contributed by atoms with Gasteiger partial charge in [0.25, 0.3) is 11.8 Å². The number of rotatable bonds is 8. The third-order valence-corrected chi connectivity index (χ3v) is 7.54. The van der Waals surface area contributed by atoms with Crippen LogP contribution in [0.5, 0.6) is 0 Å². The Kier molecular flexibility index (Phi) is 7.92. The highest BCUT2D eigenvalue weighted by molar-refractivity contribution is 6.08. The normalized spacial score (nSPS) is 11.0. The number of fused-ring (bicyclic) bond motifs is 2. The van der Waals surface area contributed by atoms with E-state index in [9.17, 15) is 9.59 Å². The monoisotopic (exact) mass is 564 g/mol. The number of pyridine rings is 2. The number of para-hydroxylation sites is 2. The molecule has 0 spiro atoms. The van der Waals surface area contributed by atoms with E-state index in [2.05, 4.69) is 10.6 Å². The first-order chi connectivity index (χ1) is 21.0. The van der Waals surface area contributed by atoms with Gasteiger partial charge in [0, 0.05) is 35.0 Å². The van der Waals surface area contributed by atoms with E-state index in [0.29, 0.717) is 30.6 Å². The van der Waals surface area contributed by atoms with Gasteiger partial charge in [-0.3, -0.25) is 9.59 Å². The van der Waals surface area contributed by atoms with Gasteiger partial charge >= 0.3 is 0 Å². The van der Waals surface area contributed by atoms with Crippen LogP contribution in [-0.2, 0) is 0 Å². The zero-order valence-electron chi connectivity index (χ0n) is 24.2. The SMILES string of the molecule is Cc1ccc(-c2cc(C(=O)NCCCNC(=O)c3cc(-c4ccc(C)cc4)nc4ccccc34)c3ccccc3n2)cc1. The number of benzene rings is 4. The lowest BCUT2D eigenvalue weighted by molar-refractivity contribution is 0.0953. The zero-order valence-corrected chi connectivity index (χ0v) is 24.2. The number of carbonyl (C=O) groups is 2. The molecule has 0 fully saturated rings. The molecule has 6 aromatic rings. The number of amides is 2. The van der Waals surface area contributed by atoms with Gasteiger partial charge in [0.1, 0.15) is 0 Å². The van der Waals surface area contributed by atoms with Gasteiger partial charge in [-0.25, -0.2) is 9.97 Å². The molecule has 2 aromatic heterocycles. The summed E-state index contributed by atoms with van der Waals surface area (Å²) in [5, 5.41) is 7.67. The van der Waals surface area contributed by atoms with Crippen molar-refractivity contribution in [2.75, 3.05) is 13.1 Å². The fourth-order valence-electron chi connectivity index (χ4n) is 5.15. The highest BCUT2D eigenvalue weighted by Crippen LogP contribution is 2.26. The molecule has 0 atom stereocenters. The van der Waals surface area contributed by atoms with Crippen molar-refractivity contribution < 1.29 is 9.59 Å². The lowest BCUT2D eigenvalue weighted by atomic mass is 10.0. The first-order valence-electron chi connectivity index (χ1n) is 14.5. The standard InChI is InChI=1S/C37H32N4O2/c1-24-12-16-26(17-13-24)34-22-30(28-8-3-5-10-32(28)40-34)36(42)38-20-7-21-39-37(43)31-23-35(27-18-14-25(2)15-19-27)41-33-11-6-4-9-29(31)33/h3-6,8-19,22-23H,7,20-21H2,1-2H3,(H,38,42)(H,39,43). The number of aromatic nitrogens is 2. The Morgan fingerprint density at radius 1 is 0.558 bits per heavy atom. The Morgan fingerprint density at radius 3 is 1.37 bits per heavy atom. The lowest BCUT2D eigenvalue weighted by Crippen LogP contribution is -2.30. The van der Waals surface area contributed by atoms with Crippen LogP contribution in [0, 0.1) is 13.8 Å². The topological polar surface area (TPSA) is 84.0 Å². The smallest absolute Gasteiger partial charge is 0.252 e. The number of aryl methyl sites for hydroxylation is 2. The summed E-state index contributed by atoms with van der Waals surface area (Å²) in [6, 6.07) is 35.3. The second kappa shape index (κ2) is 12.2. The van der Waals surface area contributed by atoms with Crippen molar-refractivity contribution in [1.29, 1.82) is 0 Å². The maximum Gasteiger partial charge on any atom is 0.252 e. The van der Waals surface area contributed by atoms with Gasteiger partial charge in [0.05, 0.1) is 33.5 Å². The number of hydrogen-bond acceptors (Lipinski definition) is 4. The molecule has 0 aliphatic heterocycles. The van der Waals surface area contributed by atoms with Gasteiger partial charge in [-0.05, 0) is 44.5 Å². The Balaban J connectivity index is 1.13. The third-order valence-electron chi connectivity index (χ3n) is 7.54. The van der Waals surface area contributed by atoms with Crippen molar-refractivity contribution >= 4 is 33.6 Å². The Morgan fingerprint density at radius 2 is 0.953 bits per heavy atom. The molecule has 0 saturated carbocycles. The summed E-state index contributed by atoms with van der Waals surface area (Å²) in [6.45, 7) is 4.92. The van der Waals surface area contributed by atoms with Crippen LogP contribution in [0.15, 0.2) is 109 Å². The zero-order chi connectivity index (χ0) is 29.8. The number of carbonyl (C=O) groups excluding carboxylic acids is 2. The van der Waals surface area contributed by atoms with E-state index in [0.717, 1.165) is 44.3 Å². The van der Waals surface area contributed by atoms with E-state index < -0.39 is 0 Å². The Hall–Kier alpha value is -5.36. The van der Waals surface area contributed by atoms with Crippen LogP contribution >= 0.6 is 0 Å². The van der Waals surface area contributed by atoms with Crippen LogP contribution in [0.1, 0.15) is 38.3 Å². The number of nitrogens with zero attached hydrogens (tertiary/aromatic N) is 2. The Labute approximate surface area is 250 Å². The molecule has 4 aromatic carbocycles. The lowest BCUT2D eigenvalue weighted by Gasteiger charge is -2.12. The Bertz CT molecular complexity index is 1800. The van der Waals surface area contributed by atoms with Gasteiger partial charge < -0.3 is 10.6 Å². The predicted molar refractivity (Wildman–Crippen MR) is 173 cm³/mol. The van der Waals surface area contributed by atoms with Crippen molar-refractivity contribution in [2.45, 2.75) is 20.3 Å². The summed E-state index contributed by atoms with van der Waals surface area (Å²) in [4.78, 5) is 36.2. The van der Waals surface area contributed by atoms with Crippen molar-refractivity contribution in [2.24, 2.45) is 0 Å². The summed E-state index contributed by atoms with van der Waals surface area (Å²) < 4.78 is 0. The molecule has 2 N–H and O–H groups in total. The minimum Gasteiger partial charge on any atom is -0.352 e. The minimum atomic E-state index is -0.166. The maximum absolute atomic E-state index is 13.3. The first-order valence-corrected chi connectivity index (χ1v) is 14.5. The van der Waals surface area contributed by atoms with E-state index >= 15 is 0 Å². The fourth-order valence-corrected chi connectivity index (χ4v) is 5.15. The molecule has 0 saturated heterocycles. The molecule has 0 unspecified atom stereocenters. The summed E-state index contributed by atoms with van der Waals surface area (Å²) in [5.41, 5.74) is 8.46. The maximum atomic E-state index is 13.3. The van der Waals surface area contributed by atoms with Gasteiger partial charge in [-0.1, -0.05) is 96.1 Å². The average molecular weight is 565 g/mol. The predicted octanol–water partition coefficient (Wildman–Crippen LogP) is 7.28. The molecule has 6 rings (SSSR count). The highest BCUT2D eigenvalue weighted by atomic mass is 16.2.